The van der Waals surface area contributed by atoms with Crippen LogP contribution in [0.3, 0.4) is 0 Å². The van der Waals surface area contributed by atoms with Gasteiger partial charge in [-0.2, -0.15) is 0 Å². The van der Waals surface area contributed by atoms with Crippen LogP contribution in [0.25, 0.3) is 0 Å². The second-order valence-electron chi connectivity index (χ2n) is 8.21. The number of para-hydroxylation sites is 1. The number of nitrogens with one attached hydrogen (secondary N) is 2. The van der Waals surface area contributed by atoms with Crippen molar-refractivity contribution in [3.05, 3.63) is 54.1 Å². The zero-order chi connectivity index (χ0) is 23.2. The molecule has 2 aromatic carbocycles. The molecule has 2 N–H and O–H groups in total. The molecule has 174 valence electrons. The van der Waals surface area contributed by atoms with E-state index in [1.165, 1.54) is 0 Å². The molecule has 0 unspecified atom stereocenters. The van der Waals surface area contributed by atoms with Crippen LogP contribution in [0, 0.1) is 5.92 Å². The SMILES string of the molecule is CCOc1ccc(N2C[C@H](C(=O)Nc3ccccc3C(=O)NC[C@@H]3CCCO3)CC2=O)cc1. The van der Waals surface area contributed by atoms with Gasteiger partial charge >= 0.3 is 0 Å². The molecule has 8 nitrogen and oxygen atoms in total. The Bertz CT molecular complexity index is 1000. The maximum absolute atomic E-state index is 13.0. The van der Waals surface area contributed by atoms with Crippen LogP contribution in [0.1, 0.15) is 36.5 Å². The molecule has 2 aliphatic rings. The number of carbonyl (C=O) groups is 3. The largest absolute Gasteiger partial charge is 0.494 e. The van der Waals surface area contributed by atoms with Gasteiger partial charge in [0.25, 0.3) is 5.91 Å². The van der Waals surface area contributed by atoms with Gasteiger partial charge in [0, 0.05) is 31.8 Å². The summed E-state index contributed by atoms with van der Waals surface area (Å²) < 4.78 is 11.0. The van der Waals surface area contributed by atoms with Gasteiger partial charge in [0.1, 0.15) is 5.75 Å². The standard InChI is InChI=1S/C25H29N3O5/c1-2-32-19-11-9-18(10-12-19)28-16-17(14-23(28)29)24(30)27-22-8-4-3-7-21(22)25(31)26-15-20-6-5-13-33-20/h3-4,7-12,17,20H,2,5-6,13-16H2,1H3,(H,26,31)(H,27,30)/t17-,20+/m1/s1. The normalized spacial score (nSPS) is 20.0. The third-order valence-corrected chi connectivity index (χ3v) is 5.90. The average Bonchev–Trinajstić information content (AvgIpc) is 3.48. The number of rotatable bonds is 8. The third-order valence-electron chi connectivity index (χ3n) is 5.90. The second kappa shape index (κ2) is 10.5. The first-order valence-corrected chi connectivity index (χ1v) is 11.4. The number of benzene rings is 2. The van der Waals surface area contributed by atoms with E-state index in [2.05, 4.69) is 10.6 Å². The lowest BCUT2D eigenvalue weighted by Crippen LogP contribution is -2.33. The minimum absolute atomic E-state index is 0.0359. The van der Waals surface area contributed by atoms with Gasteiger partial charge in [-0.3, -0.25) is 14.4 Å². The van der Waals surface area contributed by atoms with Crippen molar-refractivity contribution in [1.29, 1.82) is 0 Å². The molecule has 2 aliphatic heterocycles. The van der Waals surface area contributed by atoms with Gasteiger partial charge in [0.05, 0.1) is 29.9 Å². The molecular formula is C25H29N3O5. The van der Waals surface area contributed by atoms with Crippen molar-refractivity contribution in [2.45, 2.75) is 32.3 Å². The molecule has 2 aromatic rings. The minimum atomic E-state index is -0.507. The zero-order valence-electron chi connectivity index (χ0n) is 18.7. The summed E-state index contributed by atoms with van der Waals surface area (Å²) in [5, 5.41) is 5.74. The van der Waals surface area contributed by atoms with E-state index in [1.807, 2.05) is 31.2 Å². The number of carbonyl (C=O) groups excluding carboxylic acids is 3. The van der Waals surface area contributed by atoms with Crippen LogP contribution in [0.4, 0.5) is 11.4 Å². The van der Waals surface area contributed by atoms with Crippen molar-refractivity contribution >= 4 is 29.1 Å². The highest BCUT2D eigenvalue weighted by Crippen LogP contribution is 2.28. The molecule has 0 bridgehead atoms. The highest BCUT2D eigenvalue weighted by Gasteiger charge is 2.35. The molecular weight excluding hydrogens is 422 g/mol. The van der Waals surface area contributed by atoms with Gasteiger partial charge in [-0.1, -0.05) is 12.1 Å². The van der Waals surface area contributed by atoms with E-state index in [0.717, 1.165) is 30.9 Å². The van der Waals surface area contributed by atoms with Crippen molar-refractivity contribution in [1.82, 2.24) is 5.32 Å². The highest BCUT2D eigenvalue weighted by molar-refractivity contribution is 6.07. The number of ether oxygens (including phenoxy) is 2. The predicted octanol–water partition coefficient (Wildman–Crippen LogP) is 2.99. The summed E-state index contributed by atoms with van der Waals surface area (Å²) in [6.45, 7) is 3.92. The lowest BCUT2D eigenvalue weighted by Gasteiger charge is -2.18. The Hall–Kier alpha value is -3.39. The molecule has 0 aromatic heterocycles. The van der Waals surface area contributed by atoms with Gasteiger partial charge in [-0.15, -0.1) is 0 Å². The van der Waals surface area contributed by atoms with E-state index >= 15 is 0 Å². The summed E-state index contributed by atoms with van der Waals surface area (Å²) in [5.41, 5.74) is 1.54. The Morgan fingerprint density at radius 1 is 1.15 bits per heavy atom. The summed E-state index contributed by atoms with van der Waals surface area (Å²) in [6, 6.07) is 14.1. The summed E-state index contributed by atoms with van der Waals surface area (Å²) >= 11 is 0. The number of nitrogens with zero attached hydrogens (tertiary/aromatic N) is 1. The van der Waals surface area contributed by atoms with E-state index in [4.69, 9.17) is 9.47 Å². The molecule has 2 heterocycles. The fourth-order valence-electron chi connectivity index (χ4n) is 4.15. The number of anilines is 2. The number of hydrogen-bond acceptors (Lipinski definition) is 5. The van der Waals surface area contributed by atoms with Crippen molar-refractivity contribution in [3.8, 4) is 5.75 Å². The van der Waals surface area contributed by atoms with Gasteiger partial charge in [-0.05, 0) is 56.2 Å². The van der Waals surface area contributed by atoms with Gasteiger partial charge in [0.2, 0.25) is 11.8 Å². The van der Waals surface area contributed by atoms with Crippen LogP contribution in [0.5, 0.6) is 5.75 Å². The molecule has 0 spiro atoms. The molecule has 4 rings (SSSR count). The highest BCUT2D eigenvalue weighted by atomic mass is 16.5. The van der Waals surface area contributed by atoms with E-state index in [9.17, 15) is 14.4 Å². The van der Waals surface area contributed by atoms with E-state index in [1.54, 1.807) is 29.2 Å². The summed E-state index contributed by atoms with van der Waals surface area (Å²) in [7, 11) is 0. The van der Waals surface area contributed by atoms with Gasteiger partial charge < -0.3 is 25.0 Å². The molecule has 0 aliphatic carbocycles. The molecule has 2 atom stereocenters. The zero-order valence-corrected chi connectivity index (χ0v) is 18.7. The van der Waals surface area contributed by atoms with Crippen LogP contribution in [0.15, 0.2) is 48.5 Å². The lowest BCUT2D eigenvalue weighted by atomic mass is 10.1. The molecule has 33 heavy (non-hydrogen) atoms. The Balaban J connectivity index is 1.38. The first-order chi connectivity index (χ1) is 16.0. The fourth-order valence-corrected chi connectivity index (χ4v) is 4.15. The number of amides is 3. The van der Waals surface area contributed by atoms with Crippen LogP contribution >= 0.6 is 0 Å². The first kappa shape index (κ1) is 22.8. The van der Waals surface area contributed by atoms with Gasteiger partial charge in [-0.25, -0.2) is 0 Å². The lowest BCUT2D eigenvalue weighted by molar-refractivity contribution is -0.122. The fraction of sp³-hybridized carbons (Fsp3) is 0.400. The van der Waals surface area contributed by atoms with Gasteiger partial charge in [0.15, 0.2) is 0 Å². The molecule has 8 heteroatoms. The second-order valence-corrected chi connectivity index (χ2v) is 8.21. The van der Waals surface area contributed by atoms with Crippen molar-refractivity contribution in [2.75, 3.05) is 36.5 Å². The molecule has 0 radical (unpaired) electrons. The van der Waals surface area contributed by atoms with E-state index in [-0.39, 0.29) is 36.8 Å². The third kappa shape index (κ3) is 5.51. The van der Waals surface area contributed by atoms with Crippen molar-refractivity contribution in [2.24, 2.45) is 5.92 Å². The van der Waals surface area contributed by atoms with E-state index < -0.39 is 5.92 Å². The summed E-state index contributed by atoms with van der Waals surface area (Å²) in [6.07, 6.45) is 2.08. The molecule has 2 saturated heterocycles. The quantitative estimate of drug-likeness (QED) is 0.643. The van der Waals surface area contributed by atoms with E-state index in [0.29, 0.717) is 24.4 Å². The monoisotopic (exact) mass is 451 g/mol. The van der Waals surface area contributed by atoms with Crippen LogP contribution in [-0.4, -0.2) is 50.1 Å². The maximum atomic E-state index is 13.0. The molecule has 3 amide bonds. The molecule has 0 saturated carbocycles. The minimum Gasteiger partial charge on any atom is -0.494 e. The number of hydrogen-bond donors (Lipinski definition) is 2. The smallest absolute Gasteiger partial charge is 0.253 e. The first-order valence-electron chi connectivity index (χ1n) is 11.4. The Kier molecular flexibility index (Phi) is 7.24. The topological polar surface area (TPSA) is 97.0 Å². The van der Waals surface area contributed by atoms with Crippen LogP contribution < -0.4 is 20.3 Å². The molecule has 2 fully saturated rings. The predicted molar refractivity (Wildman–Crippen MR) is 124 cm³/mol. The van der Waals surface area contributed by atoms with Crippen LogP contribution in [0.2, 0.25) is 0 Å². The van der Waals surface area contributed by atoms with Crippen LogP contribution in [-0.2, 0) is 14.3 Å². The summed E-state index contributed by atoms with van der Waals surface area (Å²) in [4.78, 5) is 39.8. The van der Waals surface area contributed by atoms with Crippen molar-refractivity contribution < 1.29 is 23.9 Å². The Morgan fingerprint density at radius 2 is 1.94 bits per heavy atom. The van der Waals surface area contributed by atoms with Crippen molar-refractivity contribution in [3.63, 3.8) is 0 Å². The maximum Gasteiger partial charge on any atom is 0.253 e. The Morgan fingerprint density at radius 3 is 2.67 bits per heavy atom. The Labute approximate surface area is 193 Å². The summed E-state index contributed by atoms with van der Waals surface area (Å²) in [5.74, 6) is -0.429. The average molecular weight is 452 g/mol.